The molecule has 0 aromatic carbocycles. The van der Waals surface area contributed by atoms with Crippen LogP contribution in [0.2, 0.25) is 0 Å². The van der Waals surface area contributed by atoms with Crippen LogP contribution < -0.4 is 0 Å². The lowest BCUT2D eigenvalue weighted by atomic mass is 10.3. The van der Waals surface area contributed by atoms with Gasteiger partial charge < -0.3 is 0 Å². The molecule has 0 saturated carbocycles. The lowest BCUT2D eigenvalue weighted by Crippen LogP contribution is -2.05. The van der Waals surface area contributed by atoms with E-state index in [1.807, 2.05) is 0 Å². The molecule has 0 atom stereocenters. The molecule has 0 saturated heterocycles. The molecule has 1 heterocycles. The quantitative estimate of drug-likeness (QED) is 0.675. The summed E-state index contributed by atoms with van der Waals surface area (Å²) in [6.07, 6.45) is 1.85. The Morgan fingerprint density at radius 2 is 2.17 bits per heavy atom. The van der Waals surface area contributed by atoms with Gasteiger partial charge in [0.25, 0.3) is 0 Å². The van der Waals surface area contributed by atoms with Gasteiger partial charge in [0.1, 0.15) is 6.67 Å². The first kappa shape index (κ1) is 9.23. The maximum Gasteiger partial charge on any atom is 0.109 e. The first-order valence-corrected chi connectivity index (χ1v) is 4.43. The first-order valence-electron chi connectivity index (χ1n) is 4.43. The summed E-state index contributed by atoms with van der Waals surface area (Å²) >= 11 is 0. The van der Waals surface area contributed by atoms with Gasteiger partial charge in [0, 0.05) is 5.69 Å². The molecule has 0 aliphatic carbocycles. The van der Waals surface area contributed by atoms with Crippen LogP contribution in [-0.4, -0.2) is 16.5 Å². The molecule has 2 nitrogen and oxygen atoms in total. The zero-order valence-corrected chi connectivity index (χ0v) is 7.68. The van der Waals surface area contributed by atoms with Crippen molar-refractivity contribution in [1.29, 1.82) is 0 Å². The monoisotopic (exact) mass is 170 g/mol. The molecule has 3 heteroatoms. The number of nitrogens with zero attached hydrogens (tertiary/aromatic N) is 2. The Kier molecular flexibility index (Phi) is 3.26. The third kappa shape index (κ3) is 1.84. The van der Waals surface area contributed by atoms with Crippen LogP contribution in [0.5, 0.6) is 0 Å². The van der Waals surface area contributed by atoms with Crippen LogP contribution in [0.4, 0.5) is 4.39 Å². The lowest BCUT2D eigenvalue weighted by molar-refractivity contribution is 0.419. The van der Waals surface area contributed by atoms with E-state index in [1.54, 1.807) is 4.68 Å². The van der Waals surface area contributed by atoms with Crippen LogP contribution in [0.3, 0.4) is 0 Å². The summed E-state index contributed by atoms with van der Waals surface area (Å²) in [6, 6.07) is 2.05. The molecule has 1 rings (SSSR count). The zero-order valence-electron chi connectivity index (χ0n) is 7.68. The summed E-state index contributed by atoms with van der Waals surface area (Å²) < 4.78 is 13.8. The SMILES string of the molecule is CCc1cc(CC)n(CCF)n1. The Hall–Kier alpha value is -0.860. The number of hydrogen-bond acceptors (Lipinski definition) is 1. The Labute approximate surface area is 72.4 Å². The van der Waals surface area contributed by atoms with Gasteiger partial charge in [-0.15, -0.1) is 0 Å². The van der Waals surface area contributed by atoms with E-state index in [4.69, 9.17) is 0 Å². The molecule has 1 aromatic heterocycles. The molecule has 0 aliphatic rings. The van der Waals surface area contributed by atoms with Crippen molar-refractivity contribution in [2.24, 2.45) is 0 Å². The van der Waals surface area contributed by atoms with Crippen molar-refractivity contribution >= 4 is 0 Å². The van der Waals surface area contributed by atoms with E-state index in [0.29, 0.717) is 6.54 Å². The van der Waals surface area contributed by atoms with Gasteiger partial charge in [-0.3, -0.25) is 4.68 Å². The van der Waals surface area contributed by atoms with Crippen molar-refractivity contribution in [3.8, 4) is 0 Å². The standard InChI is InChI=1S/C9H15FN2/c1-3-8-7-9(4-2)12(11-8)6-5-10/h7H,3-6H2,1-2H3. The number of halogens is 1. The van der Waals surface area contributed by atoms with Crippen LogP contribution in [0.25, 0.3) is 0 Å². The fraction of sp³-hybridized carbons (Fsp3) is 0.667. The summed E-state index contributed by atoms with van der Waals surface area (Å²) in [7, 11) is 0. The highest BCUT2D eigenvalue weighted by molar-refractivity contribution is 5.10. The lowest BCUT2D eigenvalue weighted by Gasteiger charge is -2.00. The fourth-order valence-electron chi connectivity index (χ4n) is 1.25. The van der Waals surface area contributed by atoms with E-state index in [1.165, 1.54) is 0 Å². The van der Waals surface area contributed by atoms with Crippen LogP contribution >= 0.6 is 0 Å². The maximum atomic E-state index is 12.0. The molecule has 12 heavy (non-hydrogen) atoms. The molecule has 0 radical (unpaired) electrons. The third-order valence-electron chi connectivity index (χ3n) is 1.93. The van der Waals surface area contributed by atoms with Gasteiger partial charge in [-0.1, -0.05) is 13.8 Å². The van der Waals surface area contributed by atoms with Gasteiger partial charge >= 0.3 is 0 Å². The predicted molar refractivity (Wildman–Crippen MR) is 47.0 cm³/mol. The summed E-state index contributed by atoms with van der Waals surface area (Å²) in [4.78, 5) is 0. The summed E-state index contributed by atoms with van der Waals surface area (Å²) in [6.45, 7) is 4.17. The third-order valence-corrected chi connectivity index (χ3v) is 1.93. The van der Waals surface area contributed by atoms with E-state index in [0.717, 1.165) is 24.2 Å². The van der Waals surface area contributed by atoms with E-state index < -0.39 is 0 Å². The Bertz CT molecular complexity index is 243. The average molecular weight is 170 g/mol. The highest BCUT2D eigenvalue weighted by atomic mass is 19.1. The second-order valence-electron chi connectivity index (χ2n) is 2.75. The Balaban J connectivity index is 2.84. The minimum Gasteiger partial charge on any atom is -0.267 e. The molecular weight excluding hydrogens is 155 g/mol. The summed E-state index contributed by atoms with van der Waals surface area (Å²) in [5.74, 6) is 0. The van der Waals surface area contributed by atoms with E-state index in [-0.39, 0.29) is 6.67 Å². The van der Waals surface area contributed by atoms with Crippen molar-refractivity contribution in [2.45, 2.75) is 33.2 Å². The van der Waals surface area contributed by atoms with Gasteiger partial charge in [0.05, 0.1) is 12.2 Å². The molecule has 0 spiro atoms. The zero-order chi connectivity index (χ0) is 8.97. The average Bonchev–Trinajstić information content (AvgIpc) is 2.48. The predicted octanol–water partition coefficient (Wildman–Crippen LogP) is 1.98. The topological polar surface area (TPSA) is 17.8 Å². The van der Waals surface area contributed by atoms with Gasteiger partial charge in [0.2, 0.25) is 0 Å². The second-order valence-corrected chi connectivity index (χ2v) is 2.75. The van der Waals surface area contributed by atoms with Gasteiger partial charge in [-0.05, 0) is 18.9 Å². The highest BCUT2D eigenvalue weighted by Crippen LogP contribution is 2.05. The molecule has 0 fully saturated rings. The van der Waals surface area contributed by atoms with E-state index >= 15 is 0 Å². The summed E-state index contributed by atoms with van der Waals surface area (Å²) in [5, 5.41) is 4.27. The van der Waals surface area contributed by atoms with Crippen molar-refractivity contribution in [3.63, 3.8) is 0 Å². The molecule has 0 aliphatic heterocycles. The second kappa shape index (κ2) is 4.24. The van der Waals surface area contributed by atoms with Crippen molar-refractivity contribution in [3.05, 3.63) is 17.5 Å². The van der Waals surface area contributed by atoms with Gasteiger partial charge in [-0.2, -0.15) is 5.10 Å². The summed E-state index contributed by atoms with van der Waals surface area (Å²) in [5.41, 5.74) is 2.19. The van der Waals surface area contributed by atoms with Gasteiger partial charge in [-0.25, -0.2) is 4.39 Å². The molecular formula is C9H15FN2. The first-order chi connectivity index (χ1) is 5.81. The highest BCUT2D eigenvalue weighted by Gasteiger charge is 2.03. The largest absolute Gasteiger partial charge is 0.267 e. The van der Waals surface area contributed by atoms with Crippen LogP contribution in [0.1, 0.15) is 25.2 Å². The van der Waals surface area contributed by atoms with Crippen LogP contribution in [0.15, 0.2) is 6.07 Å². The van der Waals surface area contributed by atoms with E-state index in [9.17, 15) is 4.39 Å². The van der Waals surface area contributed by atoms with Crippen molar-refractivity contribution in [1.82, 2.24) is 9.78 Å². The molecule has 0 bridgehead atoms. The van der Waals surface area contributed by atoms with Crippen molar-refractivity contribution in [2.75, 3.05) is 6.67 Å². The van der Waals surface area contributed by atoms with Gasteiger partial charge in [0.15, 0.2) is 0 Å². The normalized spacial score (nSPS) is 10.6. The smallest absolute Gasteiger partial charge is 0.109 e. The number of alkyl halides is 1. The fourth-order valence-corrected chi connectivity index (χ4v) is 1.25. The number of rotatable bonds is 4. The van der Waals surface area contributed by atoms with Crippen LogP contribution in [0, 0.1) is 0 Å². The Morgan fingerprint density at radius 1 is 1.42 bits per heavy atom. The van der Waals surface area contributed by atoms with Crippen LogP contribution in [-0.2, 0) is 19.4 Å². The molecule has 68 valence electrons. The maximum absolute atomic E-state index is 12.0. The number of aromatic nitrogens is 2. The van der Waals surface area contributed by atoms with Crippen molar-refractivity contribution < 1.29 is 4.39 Å². The minimum absolute atomic E-state index is 0.335. The molecule has 0 N–H and O–H groups in total. The minimum atomic E-state index is -0.335. The molecule has 0 amide bonds. The molecule has 0 unspecified atom stereocenters. The Morgan fingerprint density at radius 3 is 2.67 bits per heavy atom. The number of hydrogen-bond donors (Lipinski definition) is 0. The number of aryl methyl sites for hydroxylation is 3. The van der Waals surface area contributed by atoms with E-state index in [2.05, 4.69) is 25.0 Å². The molecule has 1 aromatic rings.